The minimum Gasteiger partial charge on any atom is -0.481 e. The molecule has 0 spiro atoms. The van der Waals surface area contributed by atoms with E-state index in [-0.39, 0.29) is 0 Å². The normalized spacial score (nSPS) is 12.1. The highest BCUT2D eigenvalue weighted by Crippen LogP contribution is 2.25. The standard InChI is InChI=1S/C16H16ClNO2/c1-10-2-5-12(6-3-10)13(16(19)20)8-11-4-7-14(17)15(18)9-11/h2-7,9,13H,8,18H2,1H3,(H,19,20). The fraction of sp³-hybridized carbons (Fsp3) is 0.188. The Morgan fingerprint density at radius 1 is 1.25 bits per heavy atom. The van der Waals surface area contributed by atoms with Crippen LogP contribution in [0.15, 0.2) is 42.5 Å². The molecule has 3 nitrogen and oxygen atoms in total. The number of aryl methyl sites for hydroxylation is 1. The van der Waals surface area contributed by atoms with E-state index in [2.05, 4.69) is 0 Å². The Hall–Kier alpha value is -2.00. The molecule has 0 bridgehead atoms. The molecule has 0 heterocycles. The highest BCUT2D eigenvalue weighted by Gasteiger charge is 2.20. The van der Waals surface area contributed by atoms with Gasteiger partial charge in [-0.05, 0) is 36.6 Å². The van der Waals surface area contributed by atoms with Crippen molar-refractivity contribution in [2.24, 2.45) is 0 Å². The molecular weight excluding hydrogens is 274 g/mol. The van der Waals surface area contributed by atoms with Crippen molar-refractivity contribution >= 4 is 23.3 Å². The van der Waals surface area contributed by atoms with Crippen LogP contribution in [0.2, 0.25) is 5.02 Å². The molecule has 0 radical (unpaired) electrons. The van der Waals surface area contributed by atoms with Gasteiger partial charge in [0.1, 0.15) is 0 Å². The number of halogens is 1. The number of nitrogen functional groups attached to an aromatic ring is 1. The quantitative estimate of drug-likeness (QED) is 0.845. The Balaban J connectivity index is 2.27. The zero-order valence-corrected chi connectivity index (χ0v) is 11.9. The summed E-state index contributed by atoms with van der Waals surface area (Å²) in [7, 11) is 0. The maximum absolute atomic E-state index is 11.5. The van der Waals surface area contributed by atoms with Crippen molar-refractivity contribution in [2.45, 2.75) is 19.3 Å². The van der Waals surface area contributed by atoms with E-state index in [1.165, 1.54) is 0 Å². The second-order valence-electron chi connectivity index (χ2n) is 4.86. The number of benzene rings is 2. The van der Waals surface area contributed by atoms with Gasteiger partial charge in [-0.25, -0.2) is 0 Å². The molecule has 1 atom stereocenters. The van der Waals surface area contributed by atoms with Crippen molar-refractivity contribution in [1.82, 2.24) is 0 Å². The van der Waals surface area contributed by atoms with Crippen LogP contribution >= 0.6 is 11.6 Å². The molecule has 4 heteroatoms. The molecular formula is C16H16ClNO2. The number of nitrogens with two attached hydrogens (primary N) is 1. The number of anilines is 1. The molecule has 2 rings (SSSR count). The fourth-order valence-corrected chi connectivity index (χ4v) is 2.22. The molecule has 0 aromatic heterocycles. The van der Waals surface area contributed by atoms with Crippen LogP contribution in [0.4, 0.5) is 5.69 Å². The van der Waals surface area contributed by atoms with Gasteiger partial charge in [-0.1, -0.05) is 47.5 Å². The molecule has 0 aliphatic carbocycles. The van der Waals surface area contributed by atoms with Crippen LogP contribution in [0.25, 0.3) is 0 Å². The number of carboxylic acid groups (broad SMARTS) is 1. The lowest BCUT2D eigenvalue weighted by atomic mass is 9.91. The molecule has 104 valence electrons. The van der Waals surface area contributed by atoms with Crippen molar-refractivity contribution in [3.63, 3.8) is 0 Å². The summed E-state index contributed by atoms with van der Waals surface area (Å²) in [5.74, 6) is -1.43. The van der Waals surface area contributed by atoms with Crippen molar-refractivity contribution in [1.29, 1.82) is 0 Å². The van der Waals surface area contributed by atoms with Crippen LogP contribution in [0.1, 0.15) is 22.6 Å². The van der Waals surface area contributed by atoms with Gasteiger partial charge in [0.05, 0.1) is 16.6 Å². The van der Waals surface area contributed by atoms with E-state index >= 15 is 0 Å². The largest absolute Gasteiger partial charge is 0.481 e. The van der Waals surface area contributed by atoms with Crippen LogP contribution in [-0.4, -0.2) is 11.1 Å². The zero-order chi connectivity index (χ0) is 14.7. The van der Waals surface area contributed by atoms with Crippen LogP contribution in [0.3, 0.4) is 0 Å². The minimum absolute atomic E-state index is 0.389. The molecule has 0 aliphatic rings. The fourth-order valence-electron chi connectivity index (χ4n) is 2.10. The molecule has 20 heavy (non-hydrogen) atoms. The number of rotatable bonds is 4. The number of aliphatic carboxylic acids is 1. The van der Waals surface area contributed by atoms with Gasteiger partial charge < -0.3 is 10.8 Å². The highest BCUT2D eigenvalue weighted by molar-refractivity contribution is 6.33. The average molecular weight is 290 g/mol. The summed E-state index contributed by atoms with van der Waals surface area (Å²) in [4.78, 5) is 11.5. The number of carboxylic acids is 1. The lowest BCUT2D eigenvalue weighted by molar-refractivity contribution is -0.138. The second kappa shape index (κ2) is 5.97. The molecule has 0 fully saturated rings. The summed E-state index contributed by atoms with van der Waals surface area (Å²) >= 11 is 5.87. The number of hydrogen-bond donors (Lipinski definition) is 2. The van der Waals surface area contributed by atoms with Gasteiger partial charge in [-0.3, -0.25) is 4.79 Å². The van der Waals surface area contributed by atoms with Gasteiger partial charge in [-0.2, -0.15) is 0 Å². The third kappa shape index (κ3) is 3.31. The van der Waals surface area contributed by atoms with E-state index in [1.807, 2.05) is 37.3 Å². The first-order chi connectivity index (χ1) is 9.47. The summed E-state index contributed by atoms with van der Waals surface area (Å²) in [5.41, 5.74) is 8.98. The van der Waals surface area contributed by atoms with Crippen molar-refractivity contribution in [3.05, 3.63) is 64.2 Å². The van der Waals surface area contributed by atoms with Crippen molar-refractivity contribution in [2.75, 3.05) is 5.73 Å². The monoisotopic (exact) mass is 289 g/mol. The van der Waals surface area contributed by atoms with Gasteiger partial charge in [0.2, 0.25) is 0 Å². The van der Waals surface area contributed by atoms with Crippen LogP contribution in [0.5, 0.6) is 0 Å². The Bertz CT molecular complexity index is 623. The number of hydrogen-bond acceptors (Lipinski definition) is 2. The van der Waals surface area contributed by atoms with E-state index in [4.69, 9.17) is 17.3 Å². The topological polar surface area (TPSA) is 63.3 Å². The first kappa shape index (κ1) is 14.4. The maximum Gasteiger partial charge on any atom is 0.311 e. The highest BCUT2D eigenvalue weighted by atomic mass is 35.5. The van der Waals surface area contributed by atoms with Crippen molar-refractivity contribution in [3.8, 4) is 0 Å². The smallest absolute Gasteiger partial charge is 0.311 e. The lowest BCUT2D eigenvalue weighted by Gasteiger charge is -2.14. The summed E-state index contributed by atoms with van der Waals surface area (Å²) in [6.45, 7) is 1.97. The zero-order valence-electron chi connectivity index (χ0n) is 11.1. The van der Waals surface area contributed by atoms with E-state index in [0.717, 1.165) is 16.7 Å². The Morgan fingerprint density at radius 2 is 1.90 bits per heavy atom. The van der Waals surface area contributed by atoms with Crippen LogP contribution in [-0.2, 0) is 11.2 Å². The molecule has 0 saturated heterocycles. The molecule has 0 saturated carbocycles. The molecule has 2 aromatic rings. The lowest BCUT2D eigenvalue weighted by Crippen LogP contribution is -2.14. The summed E-state index contributed by atoms with van der Waals surface area (Å²) < 4.78 is 0. The minimum atomic E-state index is -0.845. The Labute approximate surface area is 123 Å². The summed E-state index contributed by atoms with van der Waals surface area (Å²) in [6, 6.07) is 12.8. The molecule has 1 unspecified atom stereocenters. The van der Waals surface area contributed by atoms with Crippen LogP contribution in [0, 0.1) is 6.92 Å². The second-order valence-corrected chi connectivity index (χ2v) is 5.27. The van der Waals surface area contributed by atoms with Gasteiger partial charge in [0.25, 0.3) is 0 Å². The summed E-state index contributed by atoms with van der Waals surface area (Å²) in [6.07, 6.45) is 0.389. The van der Waals surface area contributed by atoms with Gasteiger partial charge in [-0.15, -0.1) is 0 Å². The van der Waals surface area contributed by atoms with Gasteiger partial charge in [0.15, 0.2) is 0 Å². The number of carbonyl (C=O) groups is 1. The van der Waals surface area contributed by atoms with Gasteiger partial charge in [0, 0.05) is 0 Å². The third-order valence-corrected chi connectivity index (χ3v) is 3.62. The Morgan fingerprint density at radius 3 is 2.45 bits per heavy atom. The molecule has 2 aromatic carbocycles. The van der Waals surface area contributed by atoms with E-state index in [0.29, 0.717) is 17.1 Å². The van der Waals surface area contributed by atoms with Crippen molar-refractivity contribution < 1.29 is 9.90 Å². The predicted molar refractivity (Wildman–Crippen MR) is 81.1 cm³/mol. The average Bonchev–Trinajstić information content (AvgIpc) is 2.41. The van der Waals surface area contributed by atoms with Crippen LogP contribution < -0.4 is 5.73 Å². The van der Waals surface area contributed by atoms with E-state index in [1.54, 1.807) is 12.1 Å². The molecule has 0 amide bonds. The molecule has 3 N–H and O–H groups in total. The predicted octanol–water partition coefficient (Wildman–Crippen LogP) is 3.64. The summed E-state index contributed by atoms with van der Waals surface area (Å²) in [5, 5.41) is 9.91. The first-order valence-electron chi connectivity index (χ1n) is 6.30. The van der Waals surface area contributed by atoms with E-state index in [9.17, 15) is 9.90 Å². The SMILES string of the molecule is Cc1ccc(C(Cc2ccc(Cl)c(N)c2)C(=O)O)cc1. The first-order valence-corrected chi connectivity index (χ1v) is 6.68. The maximum atomic E-state index is 11.5. The van der Waals surface area contributed by atoms with Gasteiger partial charge >= 0.3 is 5.97 Å². The molecule has 0 aliphatic heterocycles. The third-order valence-electron chi connectivity index (χ3n) is 3.28. The van der Waals surface area contributed by atoms with E-state index < -0.39 is 11.9 Å². The Kier molecular flexibility index (Phi) is 4.30.